The van der Waals surface area contributed by atoms with Gasteiger partial charge in [-0.3, -0.25) is 9.88 Å². The molecule has 2 saturated heterocycles. The quantitative estimate of drug-likeness (QED) is 0.906. The molecule has 106 valence electrons. The van der Waals surface area contributed by atoms with Crippen LogP contribution in [0.2, 0.25) is 0 Å². The number of aromatic nitrogens is 1. The van der Waals surface area contributed by atoms with Gasteiger partial charge >= 0.3 is 0 Å². The maximum atomic E-state index is 9.09. The van der Waals surface area contributed by atoms with Crippen LogP contribution in [-0.2, 0) is 4.74 Å². The van der Waals surface area contributed by atoms with Crippen molar-refractivity contribution in [1.29, 1.82) is 5.26 Å². The lowest BCUT2D eigenvalue weighted by Gasteiger charge is -2.36. The van der Waals surface area contributed by atoms with E-state index < -0.39 is 0 Å². The first kappa shape index (κ1) is 13.3. The van der Waals surface area contributed by atoms with Crippen molar-refractivity contribution in [1.82, 2.24) is 9.88 Å². The largest absolute Gasteiger partial charge is 0.380 e. The molecule has 0 aromatic carbocycles. The molecule has 2 fully saturated rings. The number of nitrogens with zero attached hydrogens (tertiary/aromatic N) is 3. The van der Waals surface area contributed by atoms with Crippen LogP contribution >= 0.6 is 0 Å². The van der Waals surface area contributed by atoms with E-state index in [0.717, 1.165) is 44.8 Å². The van der Waals surface area contributed by atoms with Crippen LogP contribution in [0.3, 0.4) is 0 Å². The maximum absolute atomic E-state index is 9.09. The third kappa shape index (κ3) is 2.92. The average molecular weight is 272 g/mol. The summed E-state index contributed by atoms with van der Waals surface area (Å²) in [5.41, 5.74) is 1.53. The fraction of sp³-hybridized carbons (Fsp3) is 0.600. The Morgan fingerprint density at radius 2 is 2.20 bits per heavy atom. The monoisotopic (exact) mass is 272 g/mol. The van der Waals surface area contributed by atoms with Gasteiger partial charge in [-0.2, -0.15) is 5.26 Å². The van der Waals surface area contributed by atoms with Crippen molar-refractivity contribution in [3.8, 4) is 6.07 Å². The Hall–Kier alpha value is -1.64. The van der Waals surface area contributed by atoms with Crippen molar-refractivity contribution in [2.24, 2.45) is 0 Å². The summed E-state index contributed by atoms with van der Waals surface area (Å²) >= 11 is 0. The molecule has 1 aromatic rings. The first-order chi connectivity index (χ1) is 9.86. The molecular weight excluding hydrogens is 252 g/mol. The van der Waals surface area contributed by atoms with Gasteiger partial charge in [0, 0.05) is 38.0 Å². The fourth-order valence-corrected chi connectivity index (χ4v) is 3.05. The molecule has 5 nitrogen and oxygen atoms in total. The second-order valence-corrected chi connectivity index (χ2v) is 5.51. The maximum Gasteiger partial charge on any atom is 0.101 e. The lowest BCUT2D eigenvalue weighted by Crippen LogP contribution is -2.44. The van der Waals surface area contributed by atoms with Gasteiger partial charge in [0.2, 0.25) is 0 Å². The van der Waals surface area contributed by atoms with Gasteiger partial charge < -0.3 is 10.1 Å². The zero-order valence-electron chi connectivity index (χ0n) is 11.6. The third-order valence-electron chi connectivity index (χ3n) is 4.25. The number of hydrogen-bond donors (Lipinski definition) is 1. The summed E-state index contributed by atoms with van der Waals surface area (Å²) in [6.45, 7) is 4.00. The van der Waals surface area contributed by atoms with Crippen LogP contribution in [0.25, 0.3) is 0 Å². The van der Waals surface area contributed by atoms with E-state index in [1.165, 1.54) is 6.42 Å². The highest BCUT2D eigenvalue weighted by atomic mass is 16.5. The molecular formula is C15H20N4O. The number of rotatable bonds is 3. The van der Waals surface area contributed by atoms with E-state index in [1.54, 1.807) is 18.5 Å². The van der Waals surface area contributed by atoms with Gasteiger partial charge in [-0.15, -0.1) is 0 Å². The summed E-state index contributed by atoms with van der Waals surface area (Å²) in [5.74, 6) is 0. The normalized spacial score (nSPS) is 24.4. The molecule has 0 saturated carbocycles. The minimum atomic E-state index is 0.435. The number of nitriles is 1. The predicted molar refractivity (Wildman–Crippen MR) is 76.4 cm³/mol. The van der Waals surface area contributed by atoms with Crippen LogP contribution in [0.15, 0.2) is 18.5 Å². The molecule has 1 unspecified atom stereocenters. The number of anilines is 1. The van der Waals surface area contributed by atoms with E-state index in [-0.39, 0.29) is 0 Å². The van der Waals surface area contributed by atoms with Crippen LogP contribution in [0.1, 0.15) is 24.8 Å². The Morgan fingerprint density at radius 3 is 2.90 bits per heavy atom. The van der Waals surface area contributed by atoms with Crippen LogP contribution in [0, 0.1) is 11.3 Å². The number of ether oxygens (including phenoxy) is 1. The number of piperidine rings is 1. The molecule has 2 aliphatic rings. The van der Waals surface area contributed by atoms with Gasteiger partial charge in [-0.05, 0) is 25.3 Å². The minimum absolute atomic E-state index is 0.435. The Kier molecular flexibility index (Phi) is 4.14. The van der Waals surface area contributed by atoms with Gasteiger partial charge in [0.1, 0.15) is 6.07 Å². The first-order valence-corrected chi connectivity index (χ1v) is 7.29. The molecule has 0 amide bonds. The summed E-state index contributed by atoms with van der Waals surface area (Å²) in [6, 6.07) is 5.02. The lowest BCUT2D eigenvalue weighted by molar-refractivity contribution is 0.124. The SMILES string of the molecule is N#Cc1ccncc1NC1CCN(C2CCOC2)CC1. The molecule has 1 aromatic heterocycles. The van der Waals surface area contributed by atoms with Crippen molar-refractivity contribution < 1.29 is 4.74 Å². The molecule has 0 bridgehead atoms. The van der Waals surface area contributed by atoms with E-state index in [1.807, 2.05) is 0 Å². The summed E-state index contributed by atoms with van der Waals surface area (Å²) < 4.78 is 5.46. The summed E-state index contributed by atoms with van der Waals surface area (Å²) in [4.78, 5) is 6.64. The van der Waals surface area contributed by atoms with E-state index in [0.29, 0.717) is 17.6 Å². The van der Waals surface area contributed by atoms with Crippen LogP contribution in [0.5, 0.6) is 0 Å². The van der Waals surface area contributed by atoms with Gasteiger partial charge in [-0.1, -0.05) is 0 Å². The lowest BCUT2D eigenvalue weighted by atomic mass is 10.0. The van der Waals surface area contributed by atoms with Gasteiger partial charge in [0.25, 0.3) is 0 Å². The van der Waals surface area contributed by atoms with E-state index in [2.05, 4.69) is 21.3 Å². The fourth-order valence-electron chi connectivity index (χ4n) is 3.05. The molecule has 3 heterocycles. The molecule has 5 heteroatoms. The Balaban J connectivity index is 1.54. The molecule has 3 rings (SSSR count). The molecule has 2 aliphatic heterocycles. The molecule has 20 heavy (non-hydrogen) atoms. The highest BCUT2D eigenvalue weighted by molar-refractivity contribution is 5.55. The molecule has 0 aliphatic carbocycles. The molecule has 1 atom stereocenters. The highest BCUT2D eigenvalue weighted by Gasteiger charge is 2.27. The van der Waals surface area contributed by atoms with Crippen LogP contribution in [-0.4, -0.2) is 48.3 Å². The zero-order valence-corrected chi connectivity index (χ0v) is 11.6. The van der Waals surface area contributed by atoms with Crippen molar-refractivity contribution in [2.45, 2.75) is 31.3 Å². The number of nitrogens with one attached hydrogen (secondary N) is 1. The smallest absolute Gasteiger partial charge is 0.101 e. The highest BCUT2D eigenvalue weighted by Crippen LogP contribution is 2.22. The number of pyridine rings is 1. The van der Waals surface area contributed by atoms with Crippen molar-refractivity contribution in [3.63, 3.8) is 0 Å². The second-order valence-electron chi connectivity index (χ2n) is 5.51. The Bertz CT molecular complexity index is 485. The summed E-state index contributed by atoms with van der Waals surface area (Å²) in [7, 11) is 0. The average Bonchev–Trinajstić information content (AvgIpc) is 3.03. The van der Waals surface area contributed by atoms with Crippen LogP contribution < -0.4 is 5.32 Å². The topological polar surface area (TPSA) is 61.2 Å². The van der Waals surface area contributed by atoms with Gasteiger partial charge in [0.05, 0.1) is 24.1 Å². The van der Waals surface area contributed by atoms with Crippen LogP contribution in [0.4, 0.5) is 5.69 Å². The standard InChI is InChI=1S/C15H20N4O/c16-9-12-1-5-17-10-15(12)18-13-2-6-19(7-3-13)14-4-8-20-11-14/h1,5,10,13-14,18H,2-4,6-8,11H2. The first-order valence-electron chi connectivity index (χ1n) is 7.29. The van der Waals surface area contributed by atoms with E-state index in [9.17, 15) is 0 Å². The zero-order chi connectivity index (χ0) is 13.8. The minimum Gasteiger partial charge on any atom is -0.380 e. The van der Waals surface area contributed by atoms with Gasteiger partial charge in [0.15, 0.2) is 0 Å². The van der Waals surface area contributed by atoms with E-state index in [4.69, 9.17) is 10.00 Å². The molecule has 0 spiro atoms. The van der Waals surface area contributed by atoms with Gasteiger partial charge in [-0.25, -0.2) is 0 Å². The molecule has 0 radical (unpaired) electrons. The third-order valence-corrected chi connectivity index (χ3v) is 4.25. The number of likely N-dealkylation sites (tertiary alicyclic amines) is 1. The number of hydrogen-bond acceptors (Lipinski definition) is 5. The second kappa shape index (κ2) is 6.21. The Morgan fingerprint density at radius 1 is 1.35 bits per heavy atom. The van der Waals surface area contributed by atoms with Crippen molar-refractivity contribution >= 4 is 5.69 Å². The van der Waals surface area contributed by atoms with Crippen molar-refractivity contribution in [3.05, 3.63) is 24.0 Å². The van der Waals surface area contributed by atoms with E-state index >= 15 is 0 Å². The predicted octanol–water partition coefficient (Wildman–Crippen LogP) is 1.62. The molecule has 1 N–H and O–H groups in total. The Labute approximate surface area is 119 Å². The summed E-state index contributed by atoms with van der Waals surface area (Å²) in [5, 5.41) is 12.6. The summed E-state index contributed by atoms with van der Waals surface area (Å²) in [6.07, 6.45) is 6.79. The van der Waals surface area contributed by atoms with Crippen molar-refractivity contribution in [2.75, 3.05) is 31.6 Å².